The maximum absolute atomic E-state index is 12.1. The first-order chi connectivity index (χ1) is 8.28. The molecule has 0 N–H and O–H groups in total. The van der Waals surface area contributed by atoms with E-state index in [1.165, 1.54) is 0 Å². The van der Waals surface area contributed by atoms with Crippen molar-refractivity contribution in [2.24, 2.45) is 11.8 Å². The molecule has 3 fully saturated rings. The summed E-state index contributed by atoms with van der Waals surface area (Å²) in [6.45, 7) is 6.04. The highest BCUT2D eigenvalue weighted by molar-refractivity contribution is 5.73. The third-order valence-electron chi connectivity index (χ3n) is 3.71. The van der Waals surface area contributed by atoms with Crippen molar-refractivity contribution in [1.82, 2.24) is 4.90 Å². The molecule has 1 saturated carbocycles. The lowest BCUT2D eigenvalue weighted by Crippen LogP contribution is -2.59. The molecule has 2 aliphatic heterocycles. The number of hydrogen-bond acceptors (Lipinski definition) is 4. The van der Waals surface area contributed by atoms with Crippen LogP contribution in [0.5, 0.6) is 0 Å². The van der Waals surface area contributed by atoms with E-state index in [0.29, 0.717) is 13.0 Å². The van der Waals surface area contributed by atoms with Gasteiger partial charge in [0.2, 0.25) is 0 Å². The monoisotopic (exact) mass is 254 g/mol. The van der Waals surface area contributed by atoms with Gasteiger partial charge in [-0.05, 0) is 46.0 Å². The second kappa shape index (κ2) is 4.44. The van der Waals surface area contributed by atoms with Crippen LogP contribution in [0.1, 0.15) is 40.0 Å². The number of rotatable bonds is 1. The molecule has 18 heavy (non-hydrogen) atoms. The zero-order chi connectivity index (χ0) is 13.5. The highest BCUT2D eigenvalue weighted by Crippen LogP contribution is 2.39. The lowest BCUT2D eigenvalue weighted by Gasteiger charge is -2.50. The molecule has 5 heteroatoms. The van der Waals surface area contributed by atoms with E-state index in [4.69, 9.17) is 4.74 Å². The number of nitrogens with zero attached hydrogens (tertiary/aromatic N) is 1. The average Bonchev–Trinajstić information content (AvgIpc) is 2.27. The van der Waals surface area contributed by atoms with E-state index < -0.39 is 23.6 Å². The fourth-order valence-electron chi connectivity index (χ4n) is 2.98. The van der Waals surface area contributed by atoms with Crippen LogP contribution in [0.2, 0.25) is 0 Å². The Morgan fingerprint density at radius 2 is 1.94 bits per heavy atom. The molecule has 1 aliphatic carbocycles. The van der Waals surface area contributed by atoms with Gasteiger partial charge >= 0.3 is 6.09 Å². The van der Waals surface area contributed by atoms with Crippen LogP contribution in [0.15, 0.2) is 0 Å². The fourth-order valence-corrected chi connectivity index (χ4v) is 2.98. The highest BCUT2D eigenvalue weighted by Gasteiger charge is 2.44. The van der Waals surface area contributed by atoms with Gasteiger partial charge in [-0.25, -0.2) is 4.79 Å². The molecule has 0 aromatic heterocycles. The minimum atomic E-state index is -1.04. The quantitative estimate of drug-likeness (QED) is 0.693. The summed E-state index contributed by atoms with van der Waals surface area (Å²) in [6, 6.07) is -0.255. The second-order valence-electron chi connectivity index (χ2n) is 6.30. The molecule has 0 aromatic carbocycles. The number of piperidine rings is 2. The molecule has 5 nitrogen and oxygen atoms in total. The summed E-state index contributed by atoms with van der Waals surface area (Å²) in [4.78, 5) is 24.8. The number of aliphatic carboxylic acids is 1. The first kappa shape index (κ1) is 13.2. The van der Waals surface area contributed by atoms with Crippen LogP contribution in [0, 0.1) is 11.8 Å². The lowest BCUT2D eigenvalue weighted by atomic mass is 9.73. The van der Waals surface area contributed by atoms with Gasteiger partial charge in [-0.15, -0.1) is 0 Å². The Bertz CT molecular complexity index is 360. The number of amides is 1. The van der Waals surface area contributed by atoms with E-state index in [0.717, 1.165) is 12.8 Å². The minimum Gasteiger partial charge on any atom is -0.550 e. The number of fused-ring (bicyclic) bond motifs is 3. The molecule has 1 amide bonds. The molecule has 0 spiro atoms. The van der Waals surface area contributed by atoms with Crippen molar-refractivity contribution < 1.29 is 19.4 Å². The molecule has 2 saturated heterocycles. The normalized spacial score (nSPS) is 31.3. The Balaban J connectivity index is 2.10. The van der Waals surface area contributed by atoms with Crippen molar-refractivity contribution in [2.45, 2.75) is 51.7 Å². The SMILES string of the molecule is CC(C)(C)OC(=O)N1CC2CCC1C(C(=O)[O-])C2. The van der Waals surface area contributed by atoms with Gasteiger partial charge in [0.25, 0.3) is 0 Å². The van der Waals surface area contributed by atoms with Gasteiger partial charge < -0.3 is 19.5 Å². The van der Waals surface area contributed by atoms with Gasteiger partial charge in [0.05, 0.1) is 0 Å². The van der Waals surface area contributed by atoms with Crippen molar-refractivity contribution in [3.8, 4) is 0 Å². The predicted octanol–water partition coefficient (Wildman–Crippen LogP) is 0.772. The van der Waals surface area contributed by atoms with Crippen LogP contribution < -0.4 is 5.11 Å². The number of carboxylic acid groups (broad SMARTS) is 1. The smallest absolute Gasteiger partial charge is 0.410 e. The summed E-state index contributed by atoms with van der Waals surface area (Å²) in [5, 5.41) is 11.1. The first-order valence-corrected chi connectivity index (χ1v) is 6.48. The van der Waals surface area contributed by atoms with Crippen LogP contribution in [0.4, 0.5) is 4.79 Å². The molecule has 2 bridgehead atoms. The van der Waals surface area contributed by atoms with Crippen LogP contribution in [0.25, 0.3) is 0 Å². The summed E-state index contributed by atoms with van der Waals surface area (Å²) < 4.78 is 5.33. The standard InChI is InChI=1S/C13H21NO4/c1-13(2,3)18-12(17)14-7-8-4-5-10(14)9(6-8)11(15)16/h8-10H,4-7H2,1-3H3,(H,15,16)/p-1. The number of carbonyl (C=O) groups is 2. The summed E-state index contributed by atoms with van der Waals surface area (Å²) in [6.07, 6.45) is 1.96. The van der Waals surface area contributed by atoms with Gasteiger partial charge in [0, 0.05) is 24.5 Å². The average molecular weight is 254 g/mol. The van der Waals surface area contributed by atoms with E-state index in [1.54, 1.807) is 4.90 Å². The maximum Gasteiger partial charge on any atom is 0.410 e. The largest absolute Gasteiger partial charge is 0.550 e. The Kier molecular flexibility index (Phi) is 3.25. The molecular weight excluding hydrogens is 234 g/mol. The van der Waals surface area contributed by atoms with Crippen LogP contribution in [-0.4, -0.2) is 35.2 Å². The predicted molar refractivity (Wildman–Crippen MR) is 62.6 cm³/mol. The van der Waals surface area contributed by atoms with E-state index in [1.807, 2.05) is 20.8 Å². The van der Waals surface area contributed by atoms with Gasteiger partial charge in [0.15, 0.2) is 0 Å². The molecule has 3 rings (SSSR count). The van der Waals surface area contributed by atoms with Gasteiger partial charge in [-0.2, -0.15) is 0 Å². The Labute approximate surface area is 107 Å². The molecular formula is C13H20NO4-. The van der Waals surface area contributed by atoms with Crippen molar-refractivity contribution in [1.29, 1.82) is 0 Å². The molecule has 102 valence electrons. The van der Waals surface area contributed by atoms with Crippen LogP contribution in [0.3, 0.4) is 0 Å². The van der Waals surface area contributed by atoms with Crippen molar-refractivity contribution in [2.75, 3.05) is 6.54 Å². The maximum atomic E-state index is 12.1. The molecule has 3 aliphatic rings. The number of hydrogen-bond donors (Lipinski definition) is 0. The van der Waals surface area contributed by atoms with E-state index in [-0.39, 0.29) is 12.0 Å². The van der Waals surface area contributed by atoms with Crippen molar-refractivity contribution >= 4 is 12.1 Å². The molecule has 3 atom stereocenters. The fraction of sp³-hybridized carbons (Fsp3) is 0.846. The summed E-state index contributed by atoms with van der Waals surface area (Å²) >= 11 is 0. The van der Waals surface area contributed by atoms with Gasteiger partial charge in [-0.1, -0.05) is 0 Å². The van der Waals surface area contributed by atoms with E-state index in [2.05, 4.69) is 0 Å². The minimum absolute atomic E-state index is 0.255. The Morgan fingerprint density at radius 1 is 1.28 bits per heavy atom. The first-order valence-electron chi connectivity index (χ1n) is 6.48. The number of carbonyl (C=O) groups excluding carboxylic acids is 2. The zero-order valence-corrected chi connectivity index (χ0v) is 11.1. The summed E-state index contributed by atoms with van der Waals surface area (Å²) in [5.41, 5.74) is -0.551. The van der Waals surface area contributed by atoms with Crippen LogP contribution in [-0.2, 0) is 9.53 Å². The Morgan fingerprint density at radius 3 is 2.44 bits per heavy atom. The zero-order valence-electron chi connectivity index (χ0n) is 11.1. The third-order valence-corrected chi connectivity index (χ3v) is 3.71. The molecule has 0 aromatic rings. The second-order valence-corrected chi connectivity index (χ2v) is 6.30. The highest BCUT2D eigenvalue weighted by atomic mass is 16.6. The lowest BCUT2D eigenvalue weighted by molar-refractivity contribution is -0.315. The molecule has 0 radical (unpaired) electrons. The van der Waals surface area contributed by atoms with Gasteiger partial charge in [-0.3, -0.25) is 0 Å². The molecule has 3 unspecified atom stereocenters. The molecule has 2 heterocycles. The van der Waals surface area contributed by atoms with E-state index in [9.17, 15) is 14.7 Å². The van der Waals surface area contributed by atoms with Crippen LogP contribution >= 0.6 is 0 Å². The summed E-state index contributed by atoms with van der Waals surface area (Å²) in [5.74, 6) is -1.31. The van der Waals surface area contributed by atoms with E-state index >= 15 is 0 Å². The summed E-state index contributed by atoms with van der Waals surface area (Å²) in [7, 11) is 0. The van der Waals surface area contributed by atoms with Crippen molar-refractivity contribution in [3.05, 3.63) is 0 Å². The number of carboxylic acids is 1. The Hall–Kier alpha value is -1.26. The third kappa shape index (κ3) is 2.60. The number of ether oxygens (including phenoxy) is 1. The van der Waals surface area contributed by atoms with Gasteiger partial charge in [0.1, 0.15) is 5.60 Å². The van der Waals surface area contributed by atoms with Crippen molar-refractivity contribution in [3.63, 3.8) is 0 Å². The topological polar surface area (TPSA) is 69.7 Å².